The van der Waals surface area contributed by atoms with Crippen molar-refractivity contribution in [1.29, 1.82) is 0 Å². The summed E-state index contributed by atoms with van der Waals surface area (Å²) in [5.41, 5.74) is -1.33. The Bertz CT molecular complexity index is 1660. The number of para-hydroxylation sites is 1. The van der Waals surface area contributed by atoms with Crippen molar-refractivity contribution in [2.75, 3.05) is 18.0 Å². The van der Waals surface area contributed by atoms with E-state index in [0.29, 0.717) is 37.0 Å². The lowest BCUT2D eigenvalue weighted by atomic mass is 10.0. The molecule has 4 aromatic rings. The molecule has 2 aliphatic rings. The van der Waals surface area contributed by atoms with E-state index in [1.165, 1.54) is 35.5 Å². The number of aromatic nitrogens is 3. The van der Waals surface area contributed by atoms with E-state index in [0.717, 1.165) is 15.9 Å². The average Bonchev–Trinajstić information content (AvgIpc) is 3.57. The smallest absolute Gasteiger partial charge is 0.337 e. The van der Waals surface area contributed by atoms with Gasteiger partial charge in [0.25, 0.3) is 5.91 Å². The zero-order valence-electron chi connectivity index (χ0n) is 22.4. The van der Waals surface area contributed by atoms with Crippen LogP contribution >= 0.6 is 0 Å². The van der Waals surface area contributed by atoms with E-state index in [4.69, 9.17) is 0 Å². The number of amides is 2. The molecule has 1 saturated heterocycles. The van der Waals surface area contributed by atoms with Crippen molar-refractivity contribution in [3.8, 4) is 16.9 Å². The number of hydrogen-bond donors (Lipinski definition) is 0. The van der Waals surface area contributed by atoms with E-state index < -0.39 is 35.1 Å². The largest absolute Gasteiger partial charge is 0.416 e. The molecular weight excluding hydrogens is 576 g/mol. The van der Waals surface area contributed by atoms with Crippen LogP contribution in [0.3, 0.4) is 0 Å². The van der Waals surface area contributed by atoms with Crippen LogP contribution in [0.5, 0.6) is 0 Å². The van der Waals surface area contributed by atoms with Gasteiger partial charge < -0.3 is 9.80 Å². The monoisotopic (exact) mass is 599 g/mol. The van der Waals surface area contributed by atoms with Crippen LogP contribution in [0.25, 0.3) is 16.9 Å². The van der Waals surface area contributed by atoms with Crippen LogP contribution in [-0.4, -0.2) is 50.6 Å². The lowest BCUT2D eigenvalue weighted by Crippen LogP contribution is -2.48. The number of anilines is 1. The lowest BCUT2D eigenvalue weighted by Gasteiger charge is -2.36. The molecule has 222 valence electrons. The summed E-state index contributed by atoms with van der Waals surface area (Å²) in [5, 5.41) is 4.22. The summed E-state index contributed by atoms with van der Waals surface area (Å²) < 4.78 is 82.6. The van der Waals surface area contributed by atoms with Gasteiger partial charge in [0.1, 0.15) is 0 Å². The fraction of sp³-hybridized carbons (Fsp3) is 0.267. The van der Waals surface area contributed by atoms with Gasteiger partial charge in [-0.05, 0) is 60.9 Å². The number of piperidine rings is 1. The number of nitrogens with zero attached hydrogens (tertiary/aromatic N) is 5. The van der Waals surface area contributed by atoms with Crippen LogP contribution in [0.1, 0.15) is 40.0 Å². The molecular formula is C30H23F6N5O2. The van der Waals surface area contributed by atoms with Crippen LogP contribution in [-0.2, 0) is 23.6 Å². The molecule has 2 aromatic carbocycles. The number of carbonyl (C=O) groups excluding carboxylic acids is 2. The fourth-order valence-corrected chi connectivity index (χ4v) is 5.64. The second-order valence-corrected chi connectivity index (χ2v) is 10.4. The minimum absolute atomic E-state index is 0.00831. The Labute approximate surface area is 241 Å². The topological polar surface area (TPSA) is 71.3 Å². The predicted molar refractivity (Wildman–Crippen MR) is 143 cm³/mol. The van der Waals surface area contributed by atoms with Crippen LogP contribution < -0.4 is 4.90 Å². The third-order valence-electron chi connectivity index (χ3n) is 7.70. The van der Waals surface area contributed by atoms with Gasteiger partial charge in [-0.15, -0.1) is 0 Å². The molecule has 2 aromatic heterocycles. The SMILES string of the molecule is O=C(c1cc(-c2ccncc2)n(-c2cc(C(F)(F)F)cc(C(F)(F)F)c2)n1)N1CCC(N2C(=O)Cc3ccccc32)CC1. The maximum atomic E-state index is 13.6. The Morgan fingerprint density at radius 1 is 0.837 bits per heavy atom. The van der Waals surface area contributed by atoms with Crippen molar-refractivity contribution >= 4 is 17.5 Å². The number of benzene rings is 2. The Hall–Kier alpha value is -4.68. The van der Waals surface area contributed by atoms with Crippen molar-refractivity contribution in [2.45, 2.75) is 37.7 Å². The van der Waals surface area contributed by atoms with Crippen LogP contribution in [0.15, 0.2) is 73.1 Å². The molecule has 4 heterocycles. The number of halogens is 6. The number of pyridine rings is 1. The first kappa shape index (κ1) is 28.4. The Balaban J connectivity index is 1.32. The van der Waals surface area contributed by atoms with E-state index in [-0.39, 0.29) is 42.5 Å². The zero-order valence-corrected chi connectivity index (χ0v) is 22.4. The molecule has 0 radical (unpaired) electrons. The van der Waals surface area contributed by atoms with Gasteiger partial charge in [0.15, 0.2) is 5.69 Å². The first-order valence-electron chi connectivity index (χ1n) is 13.4. The van der Waals surface area contributed by atoms with Gasteiger partial charge in [-0.3, -0.25) is 14.6 Å². The number of alkyl halides is 6. The number of rotatable bonds is 4. The molecule has 0 aliphatic carbocycles. The summed E-state index contributed by atoms with van der Waals surface area (Å²) in [6.45, 7) is 0.573. The maximum Gasteiger partial charge on any atom is 0.416 e. The highest BCUT2D eigenvalue weighted by molar-refractivity contribution is 6.02. The molecule has 2 amide bonds. The van der Waals surface area contributed by atoms with E-state index in [9.17, 15) is 35.9 Å². The van der Waals surface area contributed by atoms with Crippen molar-refractivity contribution in [1.82, 2.24) is 19.7 Å². The molecule has 7 nitrogen and oxygen atoms in total. The molecule has 0 atom stereocenters. The molecule has 0 bridgehead atoms. The minimum Gasteiger partial charge on any atom is -0.337 e. The van der Waals surface area contributed by atoms with Crippen molar-refractivity contribution in [2.24, 2.45) is 0 Å². The Morgan fingerprint density at radius 2 is 1.47 bits per heavy atom. The second-order valence-electron chi connectivity index (χ2n) is 10.4. The molecule has 0 spiro atoms. The summed E-state index contributed by atoms with van der Waals surface area (Å²) in [6, 6.07) is 13.0. The normalized spacial score (nSPS) is 16.1. The van der Waals surface area contributed by atoms with Crippen LogP contribution in [0, 0.1) is 0 Å². The molecule has 43 heavy (non-hydrogen) atoms. The summed E-state index contributed by atoms with van der Waals surface area (Å²) in [6.07, 6.45) is -6.00. The van der Waals surface area contributed by atoms with E-state index in [1.54, 1.807) is 4.90 Å². The summed E-state index contributed by atoms with van der Waals surface area (Å²) in [4.78, 5) is 33.5. The van der Waals surface area contributed by atoms with Crippen molar-refractivity contribution in [3.05, 3.63) is 95.4 Å². The van der Waals surface area contributed by atoms with Gasteiger partial charge >= 0.3 is 12.4 Å². The summed E-state index contributed by atoms with van der Waals surface area (Å²) in [5.74, 6) is -0.533. The second kappa shape index (κ2) is 10.5. The van der Waals surface area contributed by atoms with Gasteiger partial charge in [-0.25, -0.2) is 4.68 Å². The van der Waals surface area contributed by atoms with Crippen molar-refractivity contribution in [3.63, 3.8) is 0 Å². The highest BCUT2D eigenvalue weighted by atomic mass is 19.4. The van der Waals surface area contributed by atoms with Gasteiger partial charge in [-0.2, -0.15) is 31.4 Å². The number of carbonyl (C=O) groups is 2. The molecule has 0 saturated carbocycles. The molecule has 2 aliphatic heterocycles. The highest BCUT2D eigenvalue weighted by Crippen LogP contribution is 2.38. The predicted octanol–water partition coefficient (Wildman–Crippen LogP) is 6.17. The summed E-state index contributed by atoms with van der Waals surface area (Å²) >= 11 is 0. The zero-order chi connectivity index (χ0) is 30.5. The molecule has 0 unspecified atom stereocenters. The van der Waals surface area contributed by atoms with E-state index in [2.05, 4.69) is 10.1 Å². The lowest BCUT2D eigenvalue weighted by molar-refractivity contribution is -0.143. The first-order valence-corrected chi connectivity index (χ1v) is 13.4. The van der Waals surface area contributed by atoms with Gasteiger partial charge in [0.05, 0.1) is 28.9 Å². The number of hydrogen-bond acceptors (Lipinski definition) is 4. The van der Waals surface area contributed by atoms with Crippen LogP contribution in [0.4, 0.5) is 32.0 Å². The van der Waals surface area contributed by atoms with Gasteiger partial charge in [0.2, 0.25) is 5.91 Å². The highest BCUT2D eigenvalue weighted by Gasteiger charge is 2.38. The standard InChI is InChI=1S/C30H23F6N5O2/c31-29(32,33)20-14-21(30(34,35)36)16-23(15-20)41-26(18-5-9-37-10-6-18)17-24(38-41)28(43)39-11-7-22(8-12-39)40-25-4-2-1-3-19(25)13-27(40)42/h1-6,9-10,14-17,22H,7-8,11-13H2. The maximum absolute atomic E-state index is 13.6. The Morgan fingerprint density at radius 3 is 2.09 bits per heavy atom. The molecule has 0 N–H and O–H groups in total. The quantitative estimate of drug-likeness (QED) is 0.263. The third kappa shape index (κ3) is 5.46. The fourth-order valence-electron chi connectivity index (χ4n) is 5.64. The minimum atomic E-state index is -5.06. The van der Waals surface area contributed by atoms with Crippen LogP contribution in [0.2, 0.25) is 0 Å². The van der Waals surface area contributed by atoms with E-state index >= 15 is 0 Å². The van der Waals surface area contributed by atoms with Gasteiger partial charge in [-0.1, -0.05) is 18.2 Å². The molecule has 6 rings (SSSR count). The average molecular weight is 600 g/mol. The number of likely N-dealkylation sites (tertiary alicyclic amines) is 1. The molecule has 13 heteroatoms. The number of fused-ring (bicyclic) bond motifs is 1. The van der Waals surface area contributed by atoms with Gasteiger partial charge in [0, 0.05) is 42.8 Å². The van der Waals surface area contributed by atoms with E-state index in [1.807, 2.05) is 24.3 Å². The van der Waals surface area contributed by atoms with Crippen molar-refractivity contribution < 1.29 is 35.9 Å². The Kier molecular flexibility index (Phi) is 6.98. The summed E-state index contributed by atoms with van der Waals surface area (Å²) in [7, 11) is 0. The first-order chi connectivity index (χ1) is 20.4. The third-order valence-corrected chi connectivity index (χ3v) is 7.70. The molecule has 1 fully saturated rings.